The van der Waals surface area contributed by atoms with Crippen LogP contribution in [-0.4, -0.2) is 4.98 Å². The second-order valence-electron chi connectivity index (χ2n) is 11.5. The summed E-state index contributed by atoms with van der Waals surface area (Å²) in [5, 5.41) is 0. The molecule has 0 fully saturated rings. The summed E-state index contributed by atoms with van der Waals surface area (Å²) in [6, 6.07) is 0. The summed E-state index contributed by atoms with van der Waals surface area (Å²) in [4.78, 5) is 3.50. The highest BCUT2D eigenvalue weighted by Crippen LogP contribution is 2.14. The standard InChI is InChI=1S/C32H62N2/c1-4-5-6-7-8-9-10-11-12-13-16-19-22-25-29-34-30-28-33-32(34)27-24-21-18-15-14-17-20-23-26-31(2)3/h28,30-31H,4-27,29H2,1-3H3/p+1. The third kappa shape index (κ3) is 19.5. The first kappa shape index (κ1) is 31.2. The number of unbranched alkanes of at least 4 members (excludes halogenated alkanes) is 20. The maximum Gasteiger partial charge on any atom is 0.254 e. The van der Waals surface area contributed by atoms with Gasteiger partial charge >= 0.3 is 0 Å². The van der Waals surface area contributed by atoms with Crippen LogP contribution in [0.4, 0.5) is 0 Å². The van der Waals surface area contributed by atoms with Gasteiger partial charge in [0, 0.05) is 6.42 Å². The highest BCUT2D eigenvalue weighted by Gasteiger charge is 2.09. The Balaban J connectivity index is 1.88. The van der Waals surface area contributed by atoms with E-state index in [-0.39, 0.29) is 0 Å². The van der Waals surface area contributed by atoms with Gasteiger partial charge in [-0.05, 0) is 25.2 Å². The first-order valence-corrected chi connectivity index (χ1v) is 15.8. The SMILES string of the molecule is CCCCCCCCCCCCCCCC[n+]1cc[nH]c1CCCCCCCCCCC(C)C. The molecule has 1 rings (SSSR count). The van der Waals surface area contributed by atoms with Gasteiger partial charge in [-0.25, -0.2) is 9.55 Å². The number of H-pyrrole nitrogens is 1. The smallest absolute Gasteiger partial charge is 0.248 e. The zero-order chi connectivity index (χ0) is 24.5. The maximum absolute atomic E-state index is 3.50. The Labute approximate surface area is 215 Å². The number of aryl methyl sites for hydroxylation is 2. The molecule has 0 aliphatic rings. The summed E-state index contributed by atoms with van der Waals surface area (Å²) >= 11 is 0. The lowest BCUT2D eigenvalue weighted by Gasteiger charge is -2.05. The second-order valence-corrected chi connectivity index (χ2v) is 11.5. The maximum atomic E-state index is 3.50. The van der Waals surface area contributed by atoms with Crippen molar-refractivity contribution >= 4 is 0 Å². The van der Waals surface area contributed by atoms with E-state index in [1.165, 1.54) is 166 Å². The molecule has 2 nitrogen and oxygen atoms in total. The zero-order valence-electron chi connectivity index (χ0n) is 23.9. The number of hydrogen-bond acceptors (Lipinski definition) is 0. The van der Waals surface area contributed by atoms with Gasteiger partial charge in [0.2, 0.25) is 0 Å². The minimum Gasteiger partial charge on any atom is -0.248 e. The molecular weight excluding hydrogens is 412 g/mol. The van der Waals surface area contributed by atoms with E-state index in [0.717, 1.165) is 5.92 Å². The number of nitrogens with zero attached hydrogens (tertiary/aromatic N) is 1. The van der Waals surface area contributed by atoms with Crippen molar-refractivity contribution < 1.29 is 4.57 Å². The molecule has 0 spiro atoms. The highest BCUT2D eigenvalue weighted by atomic mass is 15.1. The Morgan fingerprint density at radius 2 is 1.03 bits per heavy atom. The van der Waals surface area contributed by atoms with Crippen LogP contribution in [0.2, 0.25) is 0 Å². The lowest BCUT2D eigenvalue weighted by molar-refractivity contribution is -0.703. The van der Waals surface area contributed by atoms with Gasteiger partial charge in [0.25, 0.3) is 5.82 Å². The first-order chi connectivity index (χ1) is 16.7. The van der Waals surface area contributed by atoms with E-state index in [1.54, 1.807) is 0 Å². The molecule has 0 saturated carbocycles. The quantitative estimate of drug-likeness (QED) is 0.101. The molecule has 0 radical (unpaired) electrons. The van der Waals surface area contributed by atoms with Crippen LogP contribution in [0.1, 0.15) is 174 Å². The largest absolute Gasteiger partial charge is 0.254 e. The molecule has 200 valence electrons. The van der Waals surface area contributed by atoms with Crippen LogP contribution in [0.5, 0.6) is 0 Å². The van der Waals surface area contributed by atoms with Gasteiger partial charge in [-0.3, -0.25) is 0 Å². The first-order valence-electron chi connectivity index (χ1n) is 15.8. The zero-order valence-corrected chi connectivity index (χ0v) is 23.9. The fraction of sp³-hybridized carbons (Fsp3) is 0.906. The molecule has 1 heterocycles. The van der Waals surface area contributed by atoms with Gasteiger partial charge in [-0.2, -0.15) is 0 Å². The molecule has 0 atom stereocenters. The Kier molecular flexibility index (Phi) is 22.0. The van der Waals surface area contributed by atoms with E-state index < -0.39 is 0 Å². The van der Waals surface area contributed by atoms with E-state index >= 15 is 0 Å². The predicted octanol–water partition coefficient (Wildman–Crippen LogP) is 10.5. The molecule has 0 amide bonds. The van der Waals surface area contributed by atoms with Gasteiger partial charge in [-0.15, -0.1) is 0 Å². The number of rotatable bonds is 26. The van der Waals surface area contributed by atoms with Crippen LogP contribution in [0.25, 0.3) is 0 Å². The van der Waals surface area contributed by atoms with Gasteiger partial charge in [0.15, 0.2) is 0 Å². The van der Waals surface area contributed by atoms with Crippen molar-refractivity contribution in [2.24, 2.45) is 5.92 Å². The Bertz CT molecular complexity index is 519. The third-order valence-corrected chi connectivity index (χ3v) is 7.55. The van der Waals surface area contributed by atoms with E-state index in [9.17, 15) is 0 Å². The van der Waals surface area contributed by atoms with Crippen LogP contribution >= 0.6 is 0 Å². The van der Waals surface area contributed by atoms with Crippen LogP contribution in [-0.2, 0) is 13.0 Å². The number of aromatic amines is 1. The van der Waals surface area contributed by atoms with Gasteiger partial charge in [-0.1, -0.05) is 149 Å². The van der Waals surface area contributed by atoms with Gasteiger partial charge in [0.1, 0.15) is 12.4 Å². The third-order valence-electron chi connectivity index (χ3n) is 7.55. The van der Waals surface area contributed by atoms with E-state index in [2.05, 4.69) is 42.7 Å². The van der Waals surface area contributed by atoms with Crippen molar-refractivity contribution in [3.8, 4) is 0 Å². The summed E-state index contributed by atoms with van der Waals surface area (Å²) in [6.07, 6.45) is 38.5. The van der Waals surface area contributed by atoms with Crippen molar-refractivity contribution in [2.75, 3.05) is 0 Å². The molecule has 0 aromatic carbocycles. The lowest BCUT2D eigenvalue weighted by atomic mass is 10.0. The summed E-state index contributed by atoms with van der Waals surface area (Å²) in [5.74, 6) is 2.33. The topological polar surface area (TPSA) is 19.7 Å². The molecule has 34 heavy (non-hydrogen) atoms. The normalized spacial score (nSPS) is 11.6. The Morgan fingerprint density at radius 3 is 1.53 bits per heavy atom. The summed E-state index contributed by atoms with van der Waals surface area (Å²) in [6.45, 7) is 8.19. The van der Waals surface area contributed by atoms with Gasteiger partial charge < -0.3 is 0 Å². The molecule has 0 aliphatic heterocycles. The van der Waals surface area contributed by atoms with Crippen molar-refractivity contribution in [2.45, 2.75) is 181 Å². The second kappa shape index (κ2) is 23.9. The van der Waals surface area contributed by atoms with Crippen LogP contribution < -0.4 is 4.57 Å². The summed E-state index contributed by atoms with van der Waals surface area (Å²) in [5.41, 5.74) is 0. The number of nitrogens with one attached hydrogen (secondary N) is 1. The summed E-state index contributed by atoms with van der Waals surface area (Å²) < 4.78 is 2.48. The molecule has 0 aliphatic carbocycles. The lowest BCUT2D eigenvalue weighted by Crippen LogP contribution is -2.36. The molecular formula is C32H63N2+. The molecule has 0 unspecified atom stereocenters. The molecule has 0 bridgehead atoms. The van der Waals surface area contributed by atoms with Crippen LogP contribution in [0.3, 0.4) is 0 Å². The number of hydrogen-bond donors (Lipinski definition) is 1. The van der Waals surface area contributed by atoms with Crippen molar-refractivity contribution in [1.29, 1.82) is 0 Å². The molecule has 1 N–H and O–H groups in total. The predicted molar refractivity (Wildman–Crippen MR) is 151 cm³/mol. The van der Waals surface area contributed by atoms with Crippen LogP contribution in [0, 0.1) is 5.92 Å². The monoisotopic (exact) mass is 475 g/mol. The van der Waals surface area contributed by atoms with Crippen molar-refractivity contribution in [3.05, 3.63) is 18.2 Å². The number of imidazole rings is 1. The van der Waals surface area contributed by atoms with E-state index in [4.69, 9.17) is 0 Å². The van der Waals surface area contributed by atoms with Crippen molar-refractivity contribution in [1.82, 2.24) is 4.98 Å². The Hall–Kier alpha value is -0.790. The minimum atomic E-state index is 0.880. The average Bonchev–Trinajstić information content (AvgIpc) is 3.27. The highest BCUT2D eigenvalue weighted by molar-refractivity contribution is 4.77. The van der Waals surface area contributed by atoms with E-state index in [0.29, 0.717) is 0 Å². The van der Waals surface area contributed by atoms with Crippen molar-refractivity contribution in [3.63, 3.8) is 0 Å². The van der Waals surface area contributed by atoms with Gasteiger partial charge in [0.05, 0.1) is 6.54 Å². The van der Waals surface area contributed by atoms with E-state index in [1.807, 2.05) is 0 Å². The molecule has 0 saturated heterocycles. The number of aromatic nitrogens is 2. The fourth-order valence-electron chi connectivity index (χ4n) is 5.20. The molecule has 1 aromatic heterocycles. The summed E-state index contributed by atoms with van der Waals surface area (Å²) in [7, 11) is 0. The fourth-order valence-corrected chi connectivity index (χ4v) is 5.20. The molecule has 2 heteroatoms. The average molecular weight is 476 g/mol. The van der Waals surface area contributed by atoms with Crippen LogP contribution in [0.15, 0.2) is 12.4 Å². The molecule has 1 aromatic rings. The Morgan fingerprint density at radius 1 is 0.588 bits per heavy atom. The minimum absolute atomic E-state index is 0.880.